The largest absolute Gasteiger partial charge is 0.349 e. The van der Waals surface area contributed by atoms with Crippen molar-refractivity contribution < 1.29 is 4.79 Å². The Morgan fingerprint density at radius 3 is 2.55 bits per heavy atom. The number of carbonyl (C=O) groups excluding carboxylic acids is 1. The van der Waals surface area contributed by atoms with Gasteiger partial charge in [-0.3, -0.25) is 4.79 Å². The Morgan fingerprint density at radius 2 is 1.95 bits per heavy atom. The number of aryl methyl sites for hydroxylation is 1. The molecule has 3 nitrogen and oxygen atoms in total. The number of hydrogen-bond acceptors (Lipinski definition) is 3. The fraction of sp³-hybridized carbons (Fsp3) is 0.250. The van der Waals surface area contributed by atoms with Crippen LogP contribution in [0.5, 0.6) is 0 Å². The third-order valence-corrected chi connectivity index (χ3v) is 4.18. The molecule has 1 N–H and O–H groups in total. The van der Waals surface area contributed by atoms with E-state index in [4.69, 9.17) is 0 Å². The molecule has 1 aliphatic carbocycles. The first-order valence-corrected chi connectivity index (χ1v) is 7.59. The summed E-state index contributed by atoms with van der Waals surface area (Å²) in [5.74, 6) is -0.000270. The molecular formula is C16H16N2OS. The molecule has 2 aromatic rings. The summed E-state index contributed by atoms with van der Waals surface area (Å²) in [6.45, 7) is 1.99. The molecule has 1 amide bonds. The highest BCUT2D eigenvalue weighted by Crippen LogP contribution is 2.22. The first-order chi connectivity index (χ1) is 9.72. The topological polar surface area (TPSA) is 42.0 Å². The molecule has 0 unspecified atom stereocenters. The molecule has 102 valence electrons. The lowest BCUT2D eigenvalue weighted by Crippen LogP contribution is -2.32. The minimum atomic E-state index is -0.000270. The Labute approximate surface area is 122 Å². The molecule has 1 heterocycles. The zero-order valence-electron chi connectivity index (χ0n) is 11.3. The highest BCUT2D eigenvalue weighted by molar-refractivity contribution is 7.09. The van der Waals surface area contributed by atoms with Gasteiger partial charge in [0, 0.05) is 22.5 Å². The van der Waals surface area contributed by atoms with Crippen LogP contribution in [-0.4, -0.2) is 16.9 Å². The molecule has 0 atom stereocenters. The highest BCUT2D eigenvalue weighted by Gasteiger charge is 2.14. The maximum Gasteiger partial charge on any atom is 0.251 e. The standard InChI is InChI=1S/C16H16N2OS/c1-11-17-15(10-20-11)12-6-8-13(9-7-12)16(19)18-14-4-2-3-5-14/h2-3,6-10,14H,4-5H2,1H3,(H,18,19). The smallest absolute Gasteiger partial charge is 0.251 e. The van der Waals surface area contributed by atoms with Gasteiger partial charge >= 0.3 is 0 Å². The molecule has 0 radical (unpaired) electrons. The van der Waals surface area contributed by atoms with Crippen LogP contribution in [0.3, 0.4) is 0 Å². The first-order valence-electron chi connectivity index (χ1n) is 6.71. The predicted octanol–water partition coefficient (Wildman–Crippen LogP) is 3.57. The number of benzene rings is 1. The average Bonchev–Trinajstić information content (AvgIpc) is 3.10. The number of nitrogens with one attached hydrogen (secondary N) is 1. The summed E-state index contributed by atoms with van der Waals surface area (Å²) in [4.78, 5) is 16.5. The molecule has 0 saturated carbocycles. The molecule has 1 aliphatic rings. The Hall–Kier alpha value is -1.94. The maximum absolute atomic E-state index is 12.1. The fourth-order valence-corrected chi connectivity index (χ4v) is 2.91. The molecule has 0 bridgehead atoms. The monoisotopic (exact) mass is 284 g/mol. The van der Waals surface area contributed by atoms with Crippen LogP contribution in [-0.2, 0) is 0 Å². The molecule has 3 rings (SSSR count). The summed E-state index contributed by atoms with van der Waals surface area (Å²) in [6, 6.07) is 7.89. The quantitative estimate of drug-likeness (QED) is 0.876. The fourth-order valence-electron chi connectivity index (χ4n) is 2.29. The number of thiazole rings is 1. The van der Waals surface area contributed by atoms with Gasteiger partial charge in [-0.25, -0.2) is 4.98 Å². The molecule has 0 saturated heterocycles. The van der Waals surface area contributed by atoms with E-state index in [0.717, 1.165) is 29.1 Å². The van der Waals surface area contributed by atoms with Crippen molar-refractivity contribution in [3.05, 3.63) is 52.4 Å². The Balaban J connectivity index is 1.70. The molecule has 1 aromatic heterocycles. The van der Waals surface area contributed by atoms with Crippen molar-refractivity contribution >= 4 is 17.2 Å². The van der Waals surface area contributed by atoms with E-state index in [1.165, 1.54) is 0 Å². The van der Waals surface area contributed by atoms with Gasteiger partial charge in [-0.05, 0) is 31.9 Å². The summed E-state index contributed by atoms with van der Waals surface area (Å²) in [6.07, 6.45) is 6.08. The van der Waals surface area contributed by atoms with Gasteiger partial charge < -0.3 is 5.32 Å². The van der Waals surface area contributed by atoms with Crippen molar-refractivity contribution in [2.45, 2.75) is 25.8 Å². The molecule has 0 fully saturated rings. The van der Waals surface area contributed by atoms with Crippen molar-refractivity contribution in [2.24, 2.45) is 0 Å². The normalized spacial score (nSPS) is 14.7. The second-order valence-electron chi connectivity index (χ2n) is 4.94. The van der Waals surface area contributed by atoms with Gasteiger partial charge in [0.05, 0.1) is 10.7 Å². The van der Waals surface area contributed by atoms with E-state index in [1.54, 1.807) is 11.3 Å². The van der Waals surface area contributed by atoms with Gasteiger partial charge in [-0.1, -0.05) is 24.3 Å². The SMILES string of the molecule is Cc1nc(-c2ccc(C(=O)NC3CC=CC3)cc2)cs1. The summed E-state index contributed by atoms with van der Waals surface area (Å²) in [5, 5.41) is 6.13. The van der Waals surface area contributed by atoms with Crippen LogP contribution in [0.25, 0.3) is 11.3 Å². The number of amides is 1. The van der Waals surface area contributed by atoms with Gasteiger partial charge in [0.25, 0.3) is 5.91 Å². The average molecular weight is 284 g/mol. The second kappa shape index (κ2) is 5.59. The van der Waals surface area contributed by atoms with Crippen molar-refractivity contribution in [1.82, 2.24) is 10.3 Å². The maximum atomic E-state index is 12.1. The van der Waals surface area contributed by atoms with Crippen molar-refractivity contribution in [2.75, 3.05) is 0 Å². The van der Waals surface area contributed by atoms with E-state index in [0.29, 0.717) is 5.56 Å². The van der Waals surface area contributed by atoms with Crippen molar-refractivity contribution in [3.8, 4) is 11.3 Å². The number of aromatic nitrogens is 1. The zero-order chi connectivity index (χ0) is 13.9. The third-order valence-electron chi connectivity index (χ3n) is 3.40. The van der Waals surface area contributed by atoms with E-state index in [1.807, 2.05) is 36.6 Å². The summed E-state index contributed by atoms with van der Waals surface area (Å²) >= 11 is 1.63. The van der Waals surface area contributed by atoms with E-state index < -0.39 is 0 Å². The van der Waals surface area contributed by atoms with Gasteiger partial charge in [0.15, 0.2) is 0 Å². The number of carbonyl (C=O) groups is 1. The molecule has 1 aromatic carbocycles. The Kier molecular flexibility index (Phi) is 3.65. The molecule has 0 spiro atoms. The van der Waals surface area contributed by atoms with Gasteiger partial charge in [0.1, 0.15) is 0 Å². The van der Waals surface area contributed by atoms with Gasteiger partial charge in [0.2, 0.25) is 0 Å². The predicted molar refractivity (Wildman–Crippen MR) is 81.9 cm³/mol. The van der Waals surface area contributed by atoms with Crippen LogP contribution in [0.15, 0.2) is 41.8 Å². The van der Waals surface area contributed by atoms with Crippen molar-refractivity contribution in [1.29, 1.82) is 0 Å². The molecule has 4 heteroatoms. The lowest BCUT2D eigenvalue weighted by Gasteiger charge is -2.12. The van der Waals surface area contributed by atoms with Gasteiger partial charge in [-0.15, -0.1) is 11.3 Å². The summed E-state index contributed by atoms with van der Waals surface area (Å²) in [5.41, 5.74) is 2.72. The van der Waals surface area contributed by atoms with Gasteiger partial charge in [-0.2, -0.15) is 0 Å². The third kappa shape index (κ3) is 2.80. The zero-order valence-corrected chi connectivity index (χ0v) is 12.1. The molecule has 20 heavy (non-hydrogen) atoms. The van der Waals surface area contributed by atoms with E-state index in [2.05, 4.69) is 22.5 Å². The van der Waals surface area contributed by atoms with Crippen LogP contribution < -0.4 is 5.32 Å². The Bertz CT molecular complexity index is 635. The molecular weight excluding hydrogens is 268 g/mol. The van der Waals surface area contributed by atoms with Crippen LogP contribution in [0.2, 0.25) is 0 Å². The summed E-state index contributed by atoms with van der Waals surface area (Å²) < 4.78 is 0. The van der Waals surface area contributed by atoms with Crippen LogP contribution >= 0.6 is 11.3 Å². The number of rotatable bonds is 3. The number of hydrogen-bond donors (Lipinski definition) is 1. The lowest BCUT2D eigenvalue weighted by molar-refractivity contribution is 0.0939. The van der Waals surface area contributed by atoms with Crippen LogP contribution in [0, 0.1) is 6.92 Å². The van der Waals surface area contributed by atoms with Crippen LogP contribution in [0.1, 0.15) is 28.2 Å². The highest BCUT2D eigenvalue weighted by atomic mass is 32.1. The first kappa shape index (κ1) is 13.1. The van der Waals surface area contributed by atoms with Crippen molar-refractivity contribution in [3.63, 3.8) is 0 Å². The second-order valence-corrected chi connectivity index (χ2v) is 6.00. The minimum absolute atomic E-state index is 0.000270. The van der Waals surface area contributed by atoms with E-state index >= 15 is 0 Å². The summed E-state index contributed by atoms with van der Waals surface area (Å²) in [7, 11) is 0. The number of nitrogens with zero attached hydrogens (tertiary/aromatic N) is 1. The Morgan fingerprint density at radius 1 is 1.25 bits per heavy atom. The van der Waals surface area contributed by atoms with E-state index in [9.17, 15) is 4.79 Å². The minimum Gasteiger partial charge on any atom is -0.349 e. The van der Waals surface area contributed by atoms with E-state index in [-0.39, 0.29) is 11.9 Å². The lowest BCUT2D eigenvalue weighted by atomic mass is 10.1. The van der Waals surface area contributed by atoms with Crippen LogP contribution in [0.4, 0.5) is 0 Å². The molecule has 0 aliphatic heterocycles.